The first kappa shape index (κ1) is 16.4. The molecule has 1 aromatic rings. The van der Waals surface area contributed by atoms with E-state index < -0.39 is 0 Å². The molecule has 0 spiro atoms. The predicted molar refractivity (Wildman–Crippen MR) is 78.9 cm³/mol. The lowest BCUT2D eigenvalue weighted by Crippen LogP contribution is -2.30. The molecule has 1 amide bonds. The molecule has 0 unspecified atom stereocenters. The highest BCUT2D eigenvalue weighted by molar-refractivity contribution is 7.13. The molecule has 7 heteroatoms. The molecule has 0 aliphatic heterocycles. The van der Waals surface area contributed by atoms with Crippen molar-refractivity contribution in [3.8, 4) is 0 Å². The van der Waals surface area contributed by atoms with Gasteiger partial charge in [-0.2, -0.15) is 0 Å². The van der Waals surface area contributed by atoms with Crippen molar-refractivity contribution >= 4 is 28.3 Å². The number of amides is 1. The third-order valence-corrected chi connectivity index (χ3v) is 3.26. The highest BCUT2D eigenvalue weighted by Crippen LogP contribution is 2.16. The first-order valence-electron chi connectivity index (χ1n) is 6.76. The van der Waals surface area contributed by atoms with Crippen LogP contribution in [-0.2, 0) is 20.7 Å². The van der Waals surface area contributed by atoms with E-state index in [1.165, 1.54) is 11.3 Å². The standard InChI is InChI=1S/C13H21N3O3S/c1-3-7-14-11(17)8-15-13-16-10(9-20-13)5-6-12(18)19-4-2/h9H,3-8H2,1-2H3,(H,14,17)(H,15,16). The highest BCUT2D eigenvalue weighted by Gasteiger charge is 2.07. The van der Waals surface area contributed by atoms with Gasteiger partial charge < -0.3 is 15.4 Å². The quantitative estimate of drug-likeness (QED) is 0.677. The van der Waals surface area contributed by atoms with Crippen LogP contribution in [0.3, 0.4) is 0 Å². The fourth-order valence-electron chi connectivity index (χ4n) is 1.45. The van der Waals surface area contributed by atoms with Crippen molar-refractivity contribution in [3.63, 3.8) is 0 Å². The smallest absolute Gasteiger partial charge is 0.306 e. The molecule has 0 saturated carbocycles. The largest absolute Gasteiger partial charge is 0.466 e. The van der Waals surface area contributed by atoms with Gasteiger partial charge in [-0.1, -0.05) is 6.92 Å². The molecular formula is C13H21N3O3S. The van der Waals surface area contributed by atoms with Crippen molar-refractivity contribution in [1.29, 1.82) is 0 Å². The van der Waals surface area contributed by atoms with Crippen LogP contribution in [0.5, 0.6) is 0 Å². The van der Waals surface area contributed by atoms with E-state index in [9.17, 15) is 9.59 Å². The van der Waals surface area contributed by atoms with Gasteiger partial charge in [0.2, 0.25) is 5.91 Å². The van der Waals surface area contributed by atoms with E-state index in [-0.39, 0.29) is 18.4 Å². The number of ether oxygens (including phenoxy) is 1. The number of anilines is 1. The number of carbonyl (C=O) groups is 2. The Morgan fingerprint density at radius 2 is 2.20 bits per heavy atom. The minimum Gasteiger partial charge on any atom is -0.466 e. The van der Waals surface area contributed by atoms with Crippen LogP contribution < -0.4 is 10.6 Å². The van der Waals surface area contributed by atoms with E-state index in [1.807, 2.05) is 12.3 Å². The summed E-state index contributed by atoms with van der Waals surface area (Å²) in [6.45, 7) is 5.08. The van der Waals surface area contributed by atoms with Gasteiger partial charge in [0.1, 0.15) is 0 Å². The summed E-state index contributed by atoms with van der Waals surface area (Å²) in [5.74, 6) is -0.260. The van der Waals surface area contributed by atoms with E-state index in [4.69, 9.17) is 4.74 Å². The van der Waals surface area contributed by atoms with Gasteiger partial charge in [-0.25, -0.2) is 4.98 Å². The van der Waals surface area contributed by atoms with Gasteiger partial charge in [0.25, 0.3) is 0 Å². The second-order valence-corrected chi connectivity index (χ2v) is 5.01. The second kappa shape index (κ2) is 9.30. The number of carbonyl (C=O) groups excluding carboxylic acids is 2. The number of aromatic nitrogens is 1. The number of aryl methyl sites for hydroxylation is 1. The van der Waals surface area contributed by atoms with Gasteiger partial charge in [-0.3, -0.25) is 9.59 Å². The van der Waals surface area contributed by atoms with Crippen molar-refractivity contribution in [2.24, 2.45) is 0 Å². The zero-order valence-electron chi connectivity index (χ0n) is 11.9. The molecule has 20 heavy (non-hydrogen) atoms. The molecule has 2 N–H and O–H groups in total. The summed E-state index contributed by atoms with van der Waals surface area (Å²) < 4.78 is 4.86. The summed E-state index contributed by atoms with van der Waals surface area (Å²) in [5, 5.41) is 8.31. The lowest BCUT2D eigenvalue weighted by molar-refractivity contribution is -0.143. The SMILES string of the molecule is CCCNC(=O)CNc1nc(CCC(=O)OCC)cs1. The van der Waals surface area contributed by atoms with Crippen LogP contribution in [0.1, 0.15) is 32.4 Å². The maximum atomic E-state index is 11.4. The van der Waals surface area contributed by atoms with Crippen LogP contribution in [0.15, 0.2) is 5.38 Å². The topological polar surface area (TPSA) is 80.3 Å². The number of rotatable bonds is 9. The number of esters is 1. The molecule has 0 atom stereocenters. The van der Waals surface area contributed by atoms with Crippen molar-refractivity contribution in [2.45, 2.75) is 33.1 Å². The molecule has 112 valence electrons. The first-order valence-corrected chi connectivity index (χ1v) is 7.64. The summed E-state index contributed by atoms with van der Waals surface area (Å²) in [4.78, 5) is 26.9. The number of thiazole rings is 1. The van der Waals surface area contributed by atoms with Crippen molar-refractivity contribution < 1.29 is 14.3 Å². The Morgan fingerprint density at radius 3 is 2.90 bits per heavy atom. The third kappa shape index (κ3) is 6.51. The van der Waals surface area contributed by atoms with Crippen LogP contribution >= 0.6 is 11.3 Å². The monoisotopic (exact) mass is 299 g/mol. The molecule has 1 aromatic heterocycles. The maximum Gasteiger partial charge on any atom is 0.306 e. The fourth-order valence-corrected chi connectivity index (χ4v) is 2.19. The molecule has 0 fully saturated rings. The third-order valence-electron chi connectivity index (χ3n) is 2.41. The lowest BCUT2D eigenvalue weighted by Gasteiger charge is -2.03. The Balaban J connectivity index is 2.28. The fraction of sp³-hybridized carbons (Fsp3) is 0.615. The Labute approximate surface area is 122 Å². The average Bonchev–Trinajstić information content (AvgIpc) is 2.89. The van der Waals surface area contributed by atoms with E-state index in [0.717, 1.165) is 12.1 Å². The van der Waals surface area contributed by atoms with E-state index >= 15 is 0 Å². The molecule has 0 aromatic carbocycles. The molecule has 1 rings (SSSR count). The Morgan fingerprint density at radius 1 is 1.40 bits per heavy atom. The minimum absolute atomic E-state index is 0.0462. The average molecular weight is 299 g/mol. The lowest BCUT2D eigenvalue weighted by atomic mass is 10.2. The highest BCUT2D eigenvalue weighted by atomic mass is 32.1. The van der Waals surface area contributed by atoms with E-state index in [2.05, 4.69) is 15.6 Å². The van der Waals surface area contributed by atoms with E-state index in [1.54, 1.807) is 6.92 Å². The zero-order valence-corrected chi connectivity index (χ0v) is 12.7. The summed E-state index contributed by atoms with van der Waals surface area (Å²) >= 11 is 1.43. The number of nitrogens with zero attached hydrogens (tertiary/aromatic N) is 1. The first-order chi connectivity index (χ1) is 9.65. The molecule has 0 bridgehead atoms. The Kier molecular flexibility index (Phi) is 7.64. The van der Waals surface area contributed by atoms with Crippen LogP contribution in [0.2, 0.25) is 0 Å². The van der Waals surface area contributed by atoms with Gasteiger partial charge in [-0.15, -0.1) is 11.3 Å². The maximum absolute atomic E-state index is 11.4. The predicted octanol–water partition coefficient (Wildman–Crippen LogP) is 1.58. The van der Waals surface area contributed by atoms with Crippen molar-refractivity contribution in [1.82, 2.24) is 10.3 Å². The van der Waals surface area contributed by atoms with Gasteiger partial charge in [0, 0.05) is 18.3 Å². The Hall–Kier alpha value is -1.63. The van der Waals surface area contributed by atoms with Gasteiger partial charge in [0.15, 0.2) is 5.13 Å². The summed E-state index contributed by atoms with van der Waals surface area (Å²) in [6.07, 6.45) is 1.80. The summed E-state index contributed by atoms with van der Waals surface area (Å²) in [5.41, 5.74) is 0.833. The molecule has 0 radical (unpaired) electrons. The molecule has 1 heterocycles. The number of nitrogens with one attached hydrogen (secondary N) is 2. The summed E-state index contributed by atoms with van der Waals surface area (Å²) in [7, 11) is 0. The molecular weight excluding hydrogens is 278 g/mol. The second-order valence-electron chi connectivity index (χ2n) is 4.15. The van der Waals surface area contributed by atoms with Crippen LogP contribution in [-0.4, -0.2) is 36.6 Å². The van der Waals surface area contributed by atoms with Gasteiger partial charge in [0.05, 0.1) is 25.3 Å². The molecule has 6 nitrogen and oxygen atoms in total. The molecule has 0 aliphatic rings. The number of hydrogen-bond donors (Lipinski definition) is 2. The number of hydrogen-bond acceptors (Lipinski definition) is 6. The van der Waals surface area contributed by atoms with Crippen molar-refractivity contribution in [2.75, 3.05) is 25.0 Å². The van der Waals surface area contributed by atoms with Crippen molar-refractivity contribution in [3.05, 3.63) is 11.1 Å². The Bertz CT molecular complexity index is 434. The van der Waals surface area contributed by atoms with Crippen LogP contribution in [0.4, 0.5) is 5.13 Å². The van der Waals surface area contributed by atoms with Crippen LogP contribution in [0.25, 0.3) is 0 Å². The van der Waals surface area contributed by atoms with Crippen LogP contribution in [0, 0.1) is 0 Å². The molecule has 0 aliphatic carbocycles. The van der Waals surface area contributed by atoms with Gasteiger partial charge >= 0.3 is 5.97 Å². The normalized spacial score (nSPS) is 10.1. The summed E-state index contributed by atoms with van der Waals surface area (Å²) in [6, 6.07) is 0. The molecule has 0 saturated heterocycles. The minimum atomic E-state index is -0.214. The zero-order chi connectivity index (χ0) is 14.8. The van der Waals surface area contributed by atoms with Gasteiger partial charge in [-0.05, 0) is 13.3 Å². The van der Waals surface area contributed by atoms with E-state index in [0.29, 0.717) is 31.1 Å².